The van der Waals surface area contributed by atoms with Crippen LogP contribution in [0.15, 0.2) is 58.4 Å². The topological polar surface area (TPSA) is 37.6 Å². The molecule has 1 aliphatic heterocycles. The first-order chi connectivity index (χ1) is 9.25. The summed E-state index contributed by atoms with van der Waals surface area (Å²) in [5.41, 5.74) is 1.94. The smallest absolute Gasteiger partial charge is 0.255 e. The van der Waals surface area contributed by atoms with Crippen molar-refractivity contribution in [1.29, 1.82) is 0 Å². The zero-order chi connectivity index (χ0) is 13.2. The predicted octanol–water partition coefficient (Wildman–Crippen LogP) is 1.53. The monoisotopic (exact) mass is 253 g/mol. The summed E-state index contributed by atoms with van der Waals surface area (Å²) in [5.74, 6) is 1.02. The zero-order valence-corrected chi connectivity index (χ0v) is 10.8. The van der Waals surface area contributed by atoms with Gasteiger partial charge in [-0.2, -0.15) is 0 Å². The quantitative estimate of drug-likeness (QED) is 0.814. The van der Waals surface area contributed by atoms with Crippen LogP contribution in [0.4, 0.5) is 0 Å². The summed E-state index contributed by atoms with van der Waals surface area (Å²) in [6.07, 6.45) is 1.77. The lowest BCUT2D eigenvalue weighted by Gasteiger charge is -2.14. The molecule has 3 rings (SSSR count). The van der Waals surface area contributed by atoms with E-state index >= 15 is 0 Å². The number of benzene rings is 1. The van der Waals surface area contributed by atoms with Crippen molar-refractivity contribution in [3.05, 3.63) is 64.6 Å². The molecular formula is C15H15N3O. The van der Waals surface area contributed by atoms with Gasteiger partial charge in [0.1, 0.15) is 5.84 Å². The van der Waals surface area contributed by atoms with Crippen LogP contribution in [0.5, 0.6) is 0 Å². The van der Waals surface area contributed by atoms with Crippen LogP contribution in [0.3, 0.4) is 0 Å². The zero-order valence-electron chi connectivity index (χ0n) is 10.8. The Kier molecular flexibility index (Phi) is 2.91. The van der Waals surface area contributed by atoms with Crippen molar-refractivity contribution in [1.82, 2.24) is 9.47 Å². The number of hydrogen-bond donors (Lipinski definition) is 0. The van der Waals surface area contributed by atoms with E-state index in [2.05, 4.69) is 9.89 Å². The van der Waals surface area contributed by atoms with Crippen LogP contribution in [0, 0.1) is 0 Å². The third-order valence-electron chi connectivity index (χ3n) is 3.28. The molecule has 0 saturated heterocycles. The summed E-state index contributed by atoms with van der Waals surface area (Å²) in [6, 6.07) is 13.1. The van der Waals surface area contributed by atoms with E-state index in [1.165, 1.54) is 0 Å². The molecule has 0 unspecified atom stereocenters. The summed E-state index contributed by atoms with van der Waals surface area (Å²) in [4.78, 5) is 18.4. The largest absolute Gasteiger partial charge is 0.358 e. The molecule has 0 spiro atoms. The molecule has 4 heteroatoms. The molecule has 1 aromatic carbocycles. The van der Waals surface area contributed by atoms with Crippen LogP contribution in [0.1, 0.15) is 5.56 Å². The standard InChI is InChI=1S/C15H15N3O/c1-17-11-9-16-15(17)12-5-7-13(8-6-12)18-10-3-2-4-14(18)19/h2-8,10H,9,11H2,1H3. The Bertz CT molecular complexity index is 670. The van der Waals surface area contributed by atoms with Gasteiger partial charge in [0.15, 0.2) is 0 Å². The molecule has 1 aliphatic rings. The van der Waals surface area contributed by atoms with Crippen molar-refractivity contribution in [3.8, 4) is 5.69 Å². The van der Waals surface area contributed by atoms with Crippen LogP contribution in [-0.2, 0) is 0 Å². The highest BCUT2D eigenvalue weighted by Gasteiger charge is 2.14. The lowest BCUT2D eigenvalue weighted by atomic mass is 10.2. The number of aromatic nitrogens is 1. The maximum Gasteiger partial charge on any atom is 0.255 e. The number of likely N-dealkylation sites (N-methyl/N-ethyl adjacent to an activating group) is 1. The molecule has 4 nitrogen and oxygen atoms in total. The van der Waals surface area contributed by atoms with Gasteiger partial charge in [-0.15, -0.1) is 0 Å². The Hall–Kier alpha value is -2.36. The Morgan fingerprint density at radius 3 is 2.53 bits per heavy atom. The minimum atomic E-state index is -0.0226. The van der Waals surface area contributed by atoms with E-state index in [9.17, 15) is 4.79 Å². The molecule has 0 atom stereocenters. The van der Waals surface area contributed by atoms with E-state index in [1.54, 1.807) is 22.9 Å². The van der Waals surface area contributed by atoms with Crippen molar-refractivity contribution in [2.24, 2.45) is 4.99 Å². The molecule has 2 heterocycles. The molecule has 0 amide bonds. The number of rotatable bonds is 2. The molecule has 0 N–H and O–H groups in total. The first kappa shape index (κ1) is 11.7. The fourth-order valence-corrected chi connectivity index (χ4v) is 2.26. The molecule has 0 bridgehead atoms. The van der Waals surface area contributed by atoms with Gasteiger partial charge in [-0.05, 0) is 30.3 Å². The van der Waals surface area contributed by atoms with Gasteiger partial charge >= 0.3 is 0 Å². The third kappa shape index (κ3) is 2.17. The second-order valence-electron chi connectivity index (χ2n) is 4.58. The highest BCUT2D eigenvalue weighted by atomic mass is 16.1. The second-order valence-corrected chi connectivity index (χ2v) is 4.58. The van der Waals surface area contributed by atoms with E-state index in [4.69, 9.17) is 0 Å². The van der Waals surface area contributed by atoms with Crippen molar-refractivity contribution in [2.45, 2.75) is 0 Å². The maximum atomic E-state index is 11.7. The maximum absolute atomic E-state index is 11.7. The molecule has 0 saturated carbocycles. The van der Waals surface area contributed by atoms with E-state index in [1.807, 2.05) is 37.4 Å². The van der Waals surface area contributed by atoms with E-state index in [0.717, 1.165) is 30.2 Å². The van der Waals surface area contributed by atoms with Gasteiger partial charge in [0.2, 0.25) is 0 Å². The first-order valence-electron chi connectivity index (χ1n) is 6.30. The van der Waals surface area contributed by atoms with Crippen LogP contribution in [0.2, 0.25) is 0 Å². The fourth-order valence-electron chi connectivity index (χ4n) is 2.26. The number of hydrogen-bond acceptors (Lipinski definition) is 3. The molecule has 0 fully saturated rings. The second kappa shape index (κ2) is 4.72. The highest BCUT2D eigenvalue weighted by Crippen LogP contribution is 2.12. The van der Waals surface area contributed by atoms with Crippen molar-refractivity contribution in [3.63, 3.8) is 0 Å². The Labute approximate surface area is 111 Å². The normalized spacial score (nSPS) is 14.6. The summed E-state index contributed by atoms with van der Waals surface area (Å²) in [7, 11) is 2.04. The van der Waals surface area contributed by atoms with E-state index in [-0.39, 0.29) is 5.56 Å². The van der Waals surface area contributed by atoms with Gasteiger partial charge < -0.3 is 4.90 Å². The number of nitrogens with zero attached hydrogens (tertiary/aromatic N) is 3. The first-order valence-corrected chi connectivity index (χ1v) is 6.30. The van der Waals surface area contributed by atoms with Gasteiger partial charge in [-0.25, -0.2) is 0 Å². The van der Waals surface area contributed by atoms with Gasteiger partial charge in [-0.3, -0.25) is 14.4 Å². The van der Waals surface area contributed by atoms with Crippen LogP contribution in [0.25, 0.3) is 5.69 Å². The van der Waals surface area contributed by atoms with Crippen molar-refractivity contribution < 1.29 is 0 Å². The van der Waals surface area contributed by atoms with Crippen LogP contribution in [-0.4, -0.2) is 35.4 Å². The summed E-state index contributed by atoms with van der Waals surface area (Å²) < 4.78 is 1.63. The lowest BCUT2D eigenvalue weighted by Crippen LogP contribution is -2.23. The fraction of sp³-hybridized carbons (Fsp3) is 0.200. The molecule has 1 aromatic heterocycles. The van der Waals surface area contributed by atoms with E-state index < -0.39 is 0 Å². The number of pyridine rings is 1. The molecular weight excluding hydrogens is 238 g/mol. The Morgan fingerprint density at radius 2 is 1.89 bits per heavy atom. The Morgan fingerprint density at radius 1 is 1.11 bits per heavy atom. The average Bonchev–Trinajstić information content (AvgIpc) is 2.86. The van der Waals surface area contributed by atoms with Gasteiger partial charge in [0.05, 0.1) is 6.54 Å². The van der Waals surface area contributed by atoms with Gasteiger partial charge in [0, 0.05) is 37.1 Å². The average molecular weight is 253 g/mol. The number of amidine groups is 1. The van der Waals surface area contributed by atoms with Crippen molar-refractivity contribution in [2.75, 3.05) is 20.1 Å². The Balaban J connectivity index is 1.96. The van der Waals surface area contributed by atoms with Crippen molar-refractivity contribution >= 4 is 5.84 Å². The molecule has 0 radical (unpaired) electrons. The SMILES string of the molecule is CN1CCN=C1c1ccc(-n2ccccc2=O)cc1. The summed E-state index contributed by atoms with van der Waals surface area (Å²) in [5, 5.41) is 0. The molecule has 19 heavy (non-hydrogen) atoms. The van der Waals surface area contributed by atoms with Crippen LogP contribution < -0.4 is 5.56 Å². The predicted molar refractivity (Wildman–Crippen MR) is 76.1 cm³/mol. The summed E-state index contributed by atoms with van der Waals surface area (Å²) in [6.45, 7) is 1.82. The number of aliphatic imine (C=N–C) groups is 1. The highest BCUT2D eigenvalue weighted by molar-refractivity contribution is 5.99. The summed E-state index contributed by atoms with van der Waals surface area (Å²) >= 11 is 0. The van der Waals surface area contributed by atoms with E-state index in [0.29, 0.717) is 0 Å². The molecule has 96 valence electrons. The van der Waals surface area contributed by atoms with Gasteiger partial charge in [-0.1, -0.05) is 6.07 Å². The minimum absolute atomic E-state index is 0.0226. The molecule has 2 aromatic rings. The lowest BCUT2D eigenvalue weighted by molar-refractivity contribution is 0.557. The molecule has 0 aliphatic carbocycles. The third-order valence-corrected chi connectivity index (χ3v) is 3.28. The van der Waals surface area contributed by atoms with Crippen LogP contribution >= 0.6 is 0 Å². The van der Waals surface area contributed by atoms with Gasteiger partial charge in [0.25, 0.3) is 5.56 Å². The minimum Gasteiger partial charge on any atom is -0.358 e.